The number of ether oxygens (including phenoxy) is 3. The van der Waals surface area contributed by atoms with Crippen LogP contribution < -0.4 is 24.6 Å². The molecular formula is C42H32O5. The number of hydrogen-bond donors (Lipinski definition) is 1. The Bertz CT molecular complexity index is 2450. The summed E-state index contributed by atoms with van der Waals surface area (Å²) < 4.78 is 23.7. The topological polar surface area (TPSA) is 61.1 Å². The molecule has 0 bridgehead atoms. The summed E-state index contributed by atoms with van der Waals surface area (Å²) in [5.74, 6) is 2.29. The Morgan fingerprint density at radius 1 is 0.745 bits per heavy atom. The molecule has 1 unspecified atom stereocenters. The number of allylic oxidation sites excluding steroid dienone is 4. The maximum atomic E-state index is 12.2. The SMILES string of the molecule is CCC1(O)C=COc2c1c1c(c3ccc4oc5ccccc5c4c23)=C2C=CC(c3ccc(OC)cc3)(c3ccc(OC)cc3)C=C2C=1. The van der Waals surface area contributed by atoms with Crippen LogP contribution in [0, 0.1) is 0 Å². The number of furan rings is 1. The summed E-state index contributed by atoms with van der Waals surface area (Å²) in [4.78, 5) is 0. The van der Waals surface area contributed by atoms with Gasteiger partial charge in [0, 0.05) is 21.7 Å². The molecule has 47 heavy (non-hydrogen) atoms. The summed E-state index contributed by atoms with van der Waals surface area (Å²) in [5, 5.41) is 18.3. The Balaban J connectivity index is 1.40. The first-order valence-electron chi connectivity index (χ1n) is 15.9. The van der Waals surface area contributed by atoms with Gasteiger partial charge >= 0.3 is 0 Å². The van der Waals surface area contributed by atoms with E-state index in [-0.39, 0.29) is 0 Å². The van der Waals surface area contributed by atoms with Crippen molar-refractivity contribution in [2.45, 2.75) is 24.4 Å². The first-order valence-corrected chi connectivity index (χ1v) is 15.9. The van der Waals surface area contributed by atoms with Crippen molar-refractivity contribution in [3.05, 3.63) is 148 Å². The lowest BCUT2D eigenvalue weighted by molar-refractivity contribution is 0.0746. The van der Waals surface area contributed by atoms with Crippen LogP contribution in [0.1, 0.15) is 30.0 Å². The molecule has 1 aromatic heterocycles. The molecule has 0 saturated carbocycles. The van der Waals surface area contributed by atoms with Gasteiger partial charge in [0.25, 0.3) is 0 Å². The van der Waals surface area contributed by atoms with Gasteiger partial charge in [0.1, 0.15) is 34.0 Å². The van der Waals surface area contributed by atoms with Crippen LogP contribution in [0.15, 0.2) is 125 Å². The lowest BCUT2D eigenvalue weighted by Gasteiger charge is -2.33. The van der Waals surface area contributed by atoms with Gasteiger partial charge in [0.05, 0.1) is 25.9 Å². The van der Waals surface area contributed by atoms with Crippen molar-refractivity contribution in [1.29, 1.82) is 0 Å². The Labute approximate surface area is 271 Å². The molecule has 5 nitrogen and oxygen atoms in total. The number of rotatable bonds is 5. The zero-order valence-electron chi connectivity index (χ0n) is 26.3. The minimum Gasteiger partial charge on any atom is -0.497 e. The molecule has 3 aliphatic rings. The molecule has 0 amide bonds. The highest BCUT2D eigenvalue weighted by Gasteiger charge is 2.38. The third-order valence-electron chi connectivity index (χ3n) is 10.2. The average Bonchev–Trinajstić information content (AvgIpc) is 3.69. The summed E-state index contributed by atoms with van der Waals surface area (Å²) in [6, 6.07) is 28.9. The van der Waals surface area contributed by atoms with Crippen molar-refractivity contribution in [3.8, 4) is 17.2 Å². The highest BCUT2D eigenvalue weighted by molar-refractivity contribution is 6.22. The monoisotopic (exact) mass is 616 g/mol. The second-order valence-corrected chi connectivity index (χ2v) is 12.5. The van der Waals surface area contributed by atoms with Crippen LogP contribution in [-0.4, -0.2) is 19.3 Å². The fourth-order valence-corrected chi connectivity index (χ4v) is 7.80. The van der Waals surface area contributed by atoms with Crippen molar-refractivity contribution in [2.75, 3.05) is 14.2 Å². The fraction of sp³-hybridized carbons (Fsp3) is 0.143. The molecule has 0 radical (unpaired) electrons. The van der Waals surface area contributed by atoms with Gasteiger partial charge in [-0.05, 0) is 99.1 Å². The minimum atomic E-state index is -1.20. The van der Waals surface area contributed by atoms with Crippen LogP contribution in [-0.2, 0) is 11.0 Å². The molecule has 6 aromatic rings. The maximum absolute atomic E-state index is 12.2. The van der Waals surface area contributed by atoms with Crippen molar-refractivity contribution in [3.63, 3.8) is 0 Å². The Morgan fingerprint density at radius 3 is 2.13 bits per heavy atom. The van der Waals surface area contributed by atoms with Gasteiger partial charge in [-0.3, -0.25) is 0 Å². The third kappa shape index (κ3) is 3.81. The highest BCUT2D eigenvalue weighted by atomic mass is 16.5. The van der Waals surface area contributed by atoms with E-state index in [9.17, 15) is 5.11 Å². The molecule has 5 aromatic carbocycles. The molecule has 5 heteroatoms. The van der Waals surface area contributed by atoms with E-state index >= 15 is 0 Å². The van der Waals surface area contributed by atoms with E-state index in [2.05, 4.69) is 66.8 Å². The largest absolute Gasteiger partial charge is 0.497 e. The van der Waals surface area contributed by atoms with E-state index in [1.165, 1.54) is 0 Å². The first kappa shape index (κ1) is 27.8. The zero-order valence-corrected chi connectivity index (χ0v) is 26.3. The number of para-hydroxylation sites is 1. The van der Waals surface area contributed by atoms with Crippen molar-refractivity contribution in [2.24, 2.45) is 0 Å². The number of hydrogen-bond acceptors (Lipinski definition) is 5. The van der Waals surface area contributed by atoms with E-state index in [0.29, 0.717) is 12.2 Å². The van der Waals surface area contributed by atoms with Crippen LogP contribution >= 0.6 is 0 Å². The molecule has 0 spiro atoms. The third-order valence-corrected chi connectivity index (χ3v) is 10.2. The second kappa shape index (κ2) is 9.99. The smallest absolute Gasteiger partial charge is 0.142 e. The lowest BCUT2D eigenvalue weighted by atomic mass is 9.70. The van der Waals surface area contributed by atoms with Gasteiger partial charge in [-0.2, -0.15) is 0 Å². The Kier molecular flexibility index (Phi) is 5.90. The summed E-state index contributed by atoms with van der Waals surface area (Å²) >= 11 is 0. The Morgan fingerprint density at radius 2 is 1.45 bits per heavy atom. The summed E-state index contributed by atoms with van der Waals surface area (Å²) in [5.41, 5.74) is 5.08. The van der Waals surface area contributed by atoms with Gasteiger partial charge < -0.3 is 23.7 Å². The van der Waals surface area contributed by atoms with Gasteiger partial charge in [-0.25, -0.2) is 0 Å². The van der Waals surface area contributed by atoms with E-state index in [4.69, 9.17) is 18.6 Å². The van der Waals surface area contributed by atoms with E-state index in [0.717, 1.165) is 82.5 Å². The molecule has 2 heterocycles. The van der Waals surface area contributed by atoms with E-state index in [1.54, 1.807) is 26.6 Å². The lowest BCUT2D eigenvalue weighted by Crippen LogP contribution is -2.39. The quantitative estimate of drug-likeness (QED) is 0.215. The average molecular weight is 617 g/mol. The molecule has 1 atom stereocenters. The minimum absolute atomic E-state index is 0.500. The summed E-state index contributed by atoms with van der Waals surface area (Å²) in [7, 11) is 3.37. The maximum Gasteiger partial charge on any atom is 0.142 e. The van der Waals surface area contributed by atoms with Crippen LogP contribution in [0.25, 0.3) is 44.4 Å². The molecular weight excluding hydrogens is 584 g/mol. The number of methoxy groups -OCH3 is 2. The summed E-state index contributed by atoms with van der Waals surface area (Å²) in [6.07, 6.45) is 13.0. The predicted octanol–water partition coefficient (Wildman–Crippen LogP) is 7.69. The molecule has 0 saturated heterocycles. The van der Waals surface area contributed by atoms with Crippen LogP contribution in [0.4, 0.5) is 0 Å². The number of aliphatic hydroxyl groups is 1. The van der Waals surface area contributed by atoms with Crippen LogP contribution in [0.5, 0.6) is 17.2 Å². The molecule has 2 aliphatic carbocycles. The van der Waals surface area contributed by atoms with Gasteiger partial charge in [-0.1, -0.05) is 67.6 Å². The fourth-order valence-electron chi connectivity index (χ4n) is 7.80. The van der Waals surface area contributed by atoms with Crippen molar-refractivity contribution < 1.29 is 23.7 Å². The van der Waals surface area contributed by atoms with E-state index < -0.39 is 11.0 Å². The second-order valence-electron chi connectivity index (χ2n) is 12.5. The molecule has 1 aliphatic heterocycles. The first-order chi connectivity index (χ1) is 23.0. The molecule has 9 rings (SSSR count). The van der Waals surface area contributed by atoms with Gasteiger partial charge in [0.15, 0.2) is 0 Å². The van der Waals surface area contributed by atoms with Crippen LogP contribution in [0.2, 0.25) is 0 Å². The molecule has 0 fully saturated rings. The number of benzene rings is 5. The van der Waals surface area contributed by atoms with Gasteiger partial charge in [0.2, 0.25) is 0 Å². The number of fused-ring (bicyclic) bond motifs is 11. The standard InChI is InChI=1S/C42H32O5/c1-4-42(43)21-22-46-40-38-32(17-18-35-37(38)31-7-5-6-8-34(31)47-35)36-30-19-20-41(24-25(30)23-33(36)39(40)42,26-9-13-28(44-2)14-10-26)27-11-15-29(45-3)16-12-27/h5-24,43H,4H2,1-3H3. The van der Waals surface area contributed by atoms with Gasteiger partial charge in [-0.15, -0.1) is 0 Å². The normalized spacial score (nSPS) is 18.8. The van der Waals surface area contributed by atoms with E-state index in [1.807, 2.05) is 49.4 Å². The predicted molar refractivity (Wildman–Crippen MR) is 186 cm³/mol. The van der Waals surface area contributed by atoms with Crippen molar-refractivity contribution in [1.82, 2.24) is 0 Å². The van der Waals surface area contributed by atoms with Crippen molar-refractivity contribution >= 4 is 44.4 Å². The Hall–Kier alpha value is -5.52. The highest BCUT2D eigenvalue weighted by Crippen LogP contribution is 2.47. The zero-order chi connectivity index (χ0) is 31.9. The molecule has 1 N–H and O–H groups in total. The van der Waals surface area contributed by atoms with Crippen LogP contribution in [0.3, 0.4) is 0 Å². The molecule has 230 valence electrons. The summed E-state index contributed by atoms with van der Waals surface area (Å²) in [6.45, 7) is 2.01.